The first-order valence-corrected chi connectivity index (χ1v) is 5.50. The fourth-order valence-electron chi connectivity index (χ4n) is 1.45. The highest BCUT2D eigenvalue weighted by atomic mass is 16.5. The Labute approximate surface area is 90.1 Å². The highest BCUT2D eigenvalue weighted by Gasteiger charge is 2.17. The fraction of sp³-hybridized carbons (Fsp3) is 0.636. The molecule has 15 heavy (non-hydrogen) atoms. The molecular weight excluding hydrogens is 190 g/mol. The molecule has 1 saturated carbocycles. The van der Waals surface area contributed by atoms with E-state index in [9.17, 15) is 0 Å². The average Bonchev–Trinajstić information content (AvgIpc) is 2.11. The van der Waals surface area contributed by atoms with Gasteiger partial charge in [-0.15, -0.1) is 0 Å². The average molecular weight is 207 g/mol. The second kappa shape index (κ2) is 4.47. The molecule has 4 heteroatoms. The third-order valence-corrected chi connectivity index (χ3v) is 2.42. The van der Waals surface area contributed by atoms with Gasteiger partial charge in [-0.25, -0.2) is 4.98 Å². The van der Waals surface area contributed by atoms with E-state index in [0.717, 1.165) is 0 Å². The van der Waals surface area contributed by atoms with Crippen LogP contribution in [0.1, 0.15) is 33.1 Å². The van der Waals surface area contributed by atoms with Crippen LogP contribution in [-0.4, -0.2) is 22.1 Å². The van der Waals surface area contributed by atoms with Gasteiger partial charge < -0.3 is 10.1 Å². The number of aromatic nitrogens is 2. The second-order valence-electron chi connectivity index (χ2n) is 4.16. The quantitative estimate of drug-likeness (QED) is 0.822. The Morgan fingerprint density at radius 3 is 2.87 bits per heavy atom. The molecule has 4 nitrogen and oxygen atoms in total. The molecule has 1 aliphatic carbocycles. The van der Waals surface area contributed by atoms with Gasteiger partial charge in [0.2, 0.25) is 11.8 Å². The summed E-state index contributed by atoms with van der Waals surface area (Å²) in [4.78, 5) is 8.46. The van der Waals surface area contributed by atoms with Crippen LogP contribution in [0, 0.1) is 0 Å². The van der Waals surface area contributed by atoms with Crippen LogP contribution in [0.2, 0.25) is 0 Å². The van der Waals surface area contributed by atoms with E-state index < -0.39 is 0 Å². The highest BCUT2D eigenvalue weighted by molar-refractivity contribution is 5.29. The van der Waals surface area contributed by atoms with Gasteiger partial charge in [-0.3, -0.25) is 0 Å². The molecule has 82 valence electrons. The third-order valence-electron chi connectivity index (χ3n) is 2.42. The Morgan fingerprint density at radius 1 is 1.47 bits per heavy atom. The number of anilines is 1. The normalized spacial score (nSPS) is 16.2. The van der Waals surface area contributed by atoms with Crippen molar-refractivity contribution in [1.29, 1.82) is 0 Å². The number of rotatable bonds is 4. The minimum atomic E-state index is 0.149. The zero-order valence-electron chi connectivity index (χ0n) is 9.23. The van der Waals surface area contributed by atoms with Crippen LogP contribution >= 0.6 is 0 Å². The maximum atomic E-state index is 5.50. The maximum absolute atomic E-state index is 5.50. The first-order chi connectivity index (χ1) is 7.24. The molecule has 2 rings (SSSR count). The molecule has 1 aromatic heterocycles. The fourth-order valence-corrected chi connectivity index (χ4v) is 1.45. The summed E-state index contributed by atoms with van der Waals surface area (Å²) in [6.45, 7) is 3.97. The standard InChI is InChI=1S/C11H17N3O/c1-8(2)15-10-6-7-12-11(14-10)13-9-4-3-5-9/h6-9H,3-5H2,1-2H3,(H,12,13,14). The van der Waals surface area contributed by atoms with E-state index in [1.807, 2.05) is 13.8 Å². The summed E-state index contributed by atoms with van der Waals surface area (Å²) in [5.74, 6) is 1.32. The molecule has 0 atom stereocenters. The molecule has 1 N–H and O–H groups in total. The van der Waals surface area contributed by atoms with Crippen LogP contribution in [0.4, 0.5) is 5.95 Å². The molecule has 0 unspecified atom stereocenters. The van der Waals surface area contributed by atoms with Gasteiger partial charge in [0.25, 0.3) is 0 Å². The lowest BCUT2D eigenvalue weighted by Gasteiger charge is -2.26. The van der Waals surface area contributed by atoms with Crippen molar-refractivity contribution >= 4 is 5.95 Å². The Balaban J connectivity index is 1.98. The molecule has 0 spiro atoms. The van der Waals surface area contributed by atoms with Gasteiger partial charge >= 0.3 is 0 Å². The summed E-state index contributed by atoms with van der Waals surface area (Å²) in [6.07, 6.45) is 5.62. The van der Waals surface area contributed by atoms with Crippen LogP contribution in [-0.2, 0) is 0 Å². The van der Waals surface area contributed by atoms with Crippen molar-refractivity contribution in [3.63, 3.8) is 0 Å². The van der Waals surface area contributed by atoms with Crippen molar-refractivity contribution in [3.05, 3.63) is 12.3 Å². The lowest BCUT2D eigenvalue weighted by molar-refractivity contribution is 0.232. The van der Waals surface area contributed by atoms with Gasteiger partial charge in [0, 0.05) is 18.3 Å². The SMILES string of the molecule is CC(C)Oc1ccnc(NC2CCC2)n1. The number of ether oxygens (including phenoxy) is 1. The monoisotopic (exact) mass is 207 g/mol. The van der Waals surface area contributed by atoms with Gasteiger partial charge in [0.05, 0.1) is 6.10 Å². The van der Waals surface area contributed by atoms with Crippen LogP contribution in [0.5, 0.6) is 5.88 Å². The van der Waals surface area contributed by atoms with Crippen molar-refractivity contribution in [2.75, 3.05) is 5.32 Å². The predicted octanol–water partition coefficient (Wildman–Crippen LogP) is 2.23. The van der Waals surface area contributed by atoms with Crippen molar-refractivity contribution < 1.29 is 4.74 Å². The van der Waals surface area contributed by atoms with Crippen molar-refractivity contribution in [3.8, 4) is 5.88 Å². The van der Waals surface area contributed by atoms with Gasteiger partial charge in [-0.2, -0.15) is 4.98 Å². The van der Waals surface area contributed by atoms with E-state index in [2.05, 4.69) is 15.3 Å². The smallest absolute Gasteiger partial charge is 0.226 e. The molecule has 1 aliphatic rings. The van der Waals surface area contributed by atoms with E-state index in [-0.39, 0.29) is 6.10 Å². The van der Waals surface area contributed by atoms with Crippen LogP contribution in [0.15, 0.2) is 12.3 Å². The lowest BCUT2D eigenvalue weighted by atomic mass is 9.93. The predicted molar refractivity (Wildman–Crippen MR) is 59.1 cm³/mol. The van der Waals surface area contributed by atoms with Gasteiger partial charge in [-0.05, 0) is 33.1 Å². The topological polar surface area (TPSA) is 47.0 Å². The Morgan fingerprint density at radius 2 is 2.27 bits per heavy atom. The van der Waals surface area contributed by atoms with E-state index in [0.29, 0.717) is 17.9 Å². The summed E-state index contributed by atoms with van der Waals surface area (Å²) in [5, 5.41) is 3.29. The van der Waals surface area contributed by atoms with Gasteiger partial charge in [0.1, 0.15) is 0 Å². The minimum absolute atomic E-state index is 0.149. The molecule has 0 radical (unpaired) electrons. The Bertz CT molecular complexity index is 323. The van der Waals surface area contributed by atoms with E-state index in [1.165, 1.54) is 19.3 Å². The summed E-state index contributed by atoms with van der Waals surface area (Å²) >= 11 is 0. The summed E-state index contributed by atoms with van der Waals surface area (Å²) in [6, 6.07) is 2.34. The van der Waals surface area contributed by atoms with E-state index in [4.69, 9.17) is 4.74 Å². The van der Waals surface area contributed by atoms with Crippen LogP contribution in [0.3, 0.4) is 0 Å². The molecule has 0 aliphatic heterocycles. The zero-order chi connectivity index (χ0) is 10.7. The summed E-state index contributed by atoms with van der Waals surface area (Å²) in [7, 11) is 0. The van der Waals surface area contributed by atoms with Crippen molar-refractivity contribution in [2.45, 2.75) is 45.3 Å². The maximum Gasteiger partial charge on any atom is 0.226 e. The Kier molecular flexibility index (Phi) is 3.04. The highest BCUT2D eigenvalue weighted by Crippen LogP contribution is 2.22. The van der Waals surface area contributed by atoms with Crippen molar-refractivity contribution in [1.82, 2.24) is 9.97 Å². The molecule has 0 amide bonds. The van der Waals surface area contributed by atoms with Crippen molar-refractivity contribution in [2.24, 2.45) is 0 Å². The van der Waals surface area contributed by atoms with Gasteiger partial charge in [-0.1, -0.05) is 0 Å². The third kappa shape index (κ3) is 2.81. The molecule has 0 aromatic carbocycles. The number of nitrogens with one attached hydrogen (secondary N) is 1. The van der Waals surface area contributed by atoms with E-state index >= 15 is 0 Å². The Hall–Kier alpha value is -1.32. The molecule has 0 bridgehead atoms. The minimum Gasteiger partial charge on any atom is -0.475 e. The first kappa shape index (κ1) is 10.2. The van der Waals surface area contributed by atoms with Crippen LogP contribution < -0.4 is 10.1 Å². The number of nitrogens with zero attached hydrogens (tertiary/aromatic N) is 2. The molecule has 1 fully saturated rings. The number of hydrogen-bond acceptors (Lipinski definition) is 4. The van der Waals surface area contributed by atoms with E-state index in [1.54, 1.807) is 12.3 Å². The summed E-state index contributed by atoms with van der Waals surface area (Å²) < 4.78 is 5.50. The zero-order valence-corrected chi connectivity index (χ0v) is 9.23. The largest absolute Gasteiger partial charge is 0.475 e. The number of hydrogen-bond donors (Lipinski definition) is 1. The second-order valence-corrected chi connectivity index (χ2v) is 4.16. The molecule has 1 aromatic rings. The van der Waals surface area contributed by atoms with Gasteiger partial charge in [0.15, 0.2) is 0 Å². The molecule has 1 heterocycles. The van der Waals surface area contributed by atoms with Crippen LogP contribution in [0.25, 0.3) is 0 Å². The summed E-state index contributed by atoms with van der Waals surface area (Å²) in [5.41, 5.74) is 0. The molecule has 0 saturated heterocycles. The first-order valence-electron chi connectivity index (χ1n) is 5.50. The lowest BCUT2D eigenvalue weighted by Crippen LogP contribution is -2.28. The molecular formula is C11H17N3O.